The Morgan fingerprint density at radius 1 is 1.24 bits per heavy atom. The van der Waals surface area contributed by atoms with Crippen molar-refractivity contribution in [1.82, 2.24) is 19.1 Å². The molecule has 11 nitrogen and oxygen atoms in total. The predicted molar refractivity (Wildman–Crippen MR) is 143 cm³/mol. The number of nitrogens with one attached hydrogen (secondary N) is 1. The van der Waals surface area contributed by atoms with Gasteiger partial charge in [-0.25, -0.2) is 9.59 Å². The summed E-state index contributed by atoms with van der Waals surface area (Å²) in [4.78, 5) is 41.8. The van der Waals surface area contributed by atoms with Crippen LogP contribution in [0.5, 0.6) is 0 Å². The number of rotatable bonds is 8. The highest BCUT2D eigenvalue weighted by Crippen LogP contribution is 2.30. The molecule has 0 bridgehead atoms. The molecule has 12 heteroatoms. The van der Waals surface area contributed by atoms with Crippen molar-refractivity contribution in [2.75, 3.05) is 24.7 Å². The largest absolute Gasteiger partial charge is 0.393 e. The van der Waals surface area contributed by atoms with Gasteiger partial charge < -0.3 is 20.3 Å². The first-order chi connectivity index (χ1) is 17.7. The molecule has 0 aliphatic carbocycles. The Bertz CT molecular complexity index is 1340. The van der Waals surface area contributed by atoms with Crippen molar-refractivity contribution in [1.29, 1.82) is 0 Å². The Kier molecular flexibility index (Phi) is 10.3. The average Bonchev–Trinajstić information content (AvgIpc) is 3.33. The molecule has 0 unspecified atom stereocenters. The van der Waals surface area contributed by atoms with Gasteiger partial charge in [0.1, 0.15) is 24.2 Å². The Labute approximate surface area is 218 Å². The van der Waals surface area contributed by atoms with Crippen molar-refractivity contribution in [3.05, 3.63) is 90.7 Å². The number of nitrogen functional groups attached to an aromatic ring is 1. The number of hydrogen-bond acceptors (Lipinski definition) is 9. The van der Waals surface area contributed by atoms with E-state index in [-0.39, 0.29) is 42.3 Å². The molecule has 200 valence electrons. The average molecular weight is 532 g/mol. The van der Waals surface area contributed by atoms with E-state index in [9.17, 15) is 14.4 Å². The monoisotopic (exact) mass is 531 g/mol. The minimum Gasteiger partial charge on any atom is -0.393 e. The van der Waals surface area contributed by atoms with Crippen molar-refractivity contribution >= 4 is 17.6 Å². The first-order valence-electron chi connectivity index (χ1n) is 11.9. The lowest BCUT2D eigenvalue weighted by Gasteiger charge is -2.18. The van der Waals surface area contributed by atoms with Gasteiger partial charge >= 0.3 is 11.4 Å². The van der Waals surface area contributed by atoms with Gasteiger partial charge in [-0.2, -0.15) is 4.98 Å². The van der Waals surface area contributed by atoms with Gasteiger partial charge in [0.15, 0.2) is 0 Å². The van der Waals surface area contributed by atoms with E-state index >= 15 is 0 Å². The highest BCUT2D eigenvalue weighted by molar-refractivity contribution is 8.00. The summed E-state index contributed by atoms with van der Waals surface area (Å²) in [5, 5.41) is 8.88. The number of aromatic amines is 1. The maximum absolute atomic E-state index is 12.2. The van der Waals surface area contributed by atoms with Crippen LogP contribution in [0.2, 0.25) is 0 Å². The molecule has 4 rings (SSSR count). The number of H-pyrrole nitrogens is 1. The zero-order valence-corrected chi connectivity index (χ0v) is 21.9. The maximum atomic E-state index is 12.2. The van der Waals surface area contributed by atoms with Gasteiger partial charge in [0.2, 0.25) is 0 Å². The van der Waals surface area contributed by atoms with E-state index in [1.807, 2.05) is 51.1 Å². The van der Waals surface area contributed by atoms with Crippen LogP contribution in [0.3, 0.4) is 0 Å². The second-order valence-corrected chi connectivity index (χ2v) is 9.76. The molecule has 1 aromatic carbocycles. The molecule has 1 fully saturated rings. The summed E-state index contributed by atoms with van der Waals surface area (Å²) >= 11 is 1.47. The van der Waals surface area contributed by atoms with E-state index in [1.165, 1.54) is 20.9 Å². The van der Waals surface area contributed by atoms with Crippen molar-refractivity contribution in [3.8, 4) is 0 Å². The van der Waals surface area contributed by atoms with Crippen LogP contribution in [0, 0.1) is 0 Å². The van der Waals surface area contributed by atoms with E-state index in [4.69, 9.17) is 20.3 Å². The third-order valence-electron chi connectivity index (χ3n) is 5.61. The number of aliphatic hydroxyl groups is 1. The molecule has 3 aromatic rings. The standard InChI is InChI=1S/C17H22N2O3.C8H11N3O3S/c1-4-22-11-19-14(10-13-8-6-5-7-9-13)15(12(2)3)16(20)18-17(19)21;9-5-1-2-11(8(13)10-5)6-4-15-7(3-12)14-6/h5-9,12H,4,10-11H2,1-3H3,(H,18,20,21);1-2,6-7,12H,3-4H2,(H2,9,10,13)/t;6-,7-/m.1/s1. The van der Waals surface area contributed by atoms with Crippen molar-refractivity contribution in [3.63, 3.8) is 0 Å². The Hall–Kier alpha value is -3.19. The summed E-state index contributed by atoms with van der Waals surface area (Å²) in [6, 6.07) is 11.4. The highest BCUT2D eigenvalue weighted by Gasteiger charge is 2.27. The number of thioether (sulfide) groups is 1. The Morgan fingerprint density at radius 2 is 1.97 bits per heavy atom. The molecule has 2 aromatic heterocycles. The van der Waals surface area contributed by atoms with Crippen LogP contribution in [0.4, 0.5) is 5.82 Å². The molecule has 3 heterocycles. The molecule has 2 atom stereocenters. The number of nitrogens with two attached hydrogens (primary N) is 1. The Balaban J connectivity index is 0.000000220. The molecule has 0 saturated carbocycles. The summed E-state index contributed by atoms with van der Waals surface area (Å²) < 4.78 is 13.7. The molecule has 0 radical (unpaired) electrons. The first kappa shape index (κ1) is 28.4. The van der Waals surface area contributed by atoms with E-state index < -0.39 is 11.4 Å². The molecular formula is C25H33N5O6S. The third kappa shape index (κ3) is 7.41. The summed E-state index contributed by atoms with van der Waals surface area (Å²) in [7, 11) is 0. The topological polar surface area (TPSA) is 154 Å². The zero-order chi connectivity index (χ0) is 26.9. The fourth-order valence-corrected chi connectivity index (χ4v) is 4.79. The molecule has 1 aliphatic heterocycles. The number of benzene rings is 1. The molecule has 1 aliphatic rings. The molecular weight excluding hydrogens is 498 g/mol. The lowest BCUT2D eigenvalue weighted by molar-refractivity contribution is -0.00629. The number of nitrogens with zero attached hydrogens (tertiary/aromatic N) is 3. The molecule has 4 N–H and O–H groups in total. The number of ether oxygens (including phenoxy) is 2. The molecule has 1 saturated heterocycles. The fraction of sp³-hybridized carbons (Fsp3) is 0.440. The van der Waals surface area contributed by atoms with Crippen molar-refractivity contribution < 1.29 is 14.6 Å². The van der Waals surface area contributed by atoms with Gasteiger partial charge in [-0.3, -0.25) is 18.9 Å². The second kappa shape index (κ2) is 13.4. The minimum absolute atomic E-state index is 0.0240. The molecule has 37 heavy (non-hydrogen) atoms. The van der Waals surface area contributed by atoms with Crippen LogP contribution in [0.25, 0.3) is 0 Å². The highest BCUT2D eigenvalue weighted by atomic mass is 32.2. The van der Waals surface area contributed by atoms with Crippen molar-refractivity contribution in [2.45, 2.75) is 51.5 Å². The maximum Gasteiger partial charge on any atom is 0.351 e. The van der Waals surface area contributed by atoms with Crippen LogP contribution in [-0.4, -0.2) is 48.6 Å². The van der Waals surface area contributed by atoms with Crippen LogP contribution in [0.15, 0.2) is 57.0 Å². The van der Waals surface area contributed by atoms with E-state index in [0.717, 1.165) is 11.3 Å². The van der Waals surface area contributed by atoms with Gasteiger partial charge in [0.05, 0.1) is 6.61 Å². The smallest absolute Gasteiger partial charge is 0.351 e. The third-order valence-corrected chi connectivity index (χ3v) is 6.72. The fourth-order valence-electron chi connectivity index (χ4n) is 3.86. The molecule has 0 spiro atoms. The van der Waals surface area contributed by atoms with Gasteiger partial charge in [0, 0.05) is 36.2 Å². The van der Waals surface area contributed by atoms with Gasteiger partial charge in [-0.05, 0) is 24.5 Å². The minimum atomic E-state index is -0.431. The van der Waals surface area contributed by atoms with Crippen LogP contribution in [-0.2, 0) is 22.6 Å². The van der Waals surface area contributed by atoms with Crippen molar-refractivity contribution in [2.24, 2.45) is 0 Å². The number of aliphatic hydroxyl groups excluding tert-OH is 1. The van der Waals surface area contributed by atoms with Crippen LogP contribution >= 0.6 is 11.8 Å². The zero-order valence-electron chi connectivity index (χ0n) is 21.1. The van der Waals surface area contributed by atoms with Crippen LogP contribution in [0.1, 0.15) is 49.7 Å². The second-order valence-electron chi connectivity index (χ2n) is 8.57. The quantitative estimate of drug-likeness (QED) is 0.393. The number of aromatic nitrogens is 4. The summed E-state index contributed by atoms with van der Waals surface area (Å²) in [5.41, 5.74) is 6.37. The van der Waals surface area contributed by atoms with Gasteiger partial charge in [-0.15, -0.1) is 11.8 Å². The SMILES string of the molecule is CCOCn1c(Cc2ccccc2)c(C(C)C)c(=O)[nH]c1=O.Nc1ccn([C@H]2CS[C@H](CO)O2)c(=O)n1. The normalized spacial score (nSPS) is 17.0. The summed E-state index contributed by atoms with van der Waals surface area (Å²) in [6.45, 7) is 6.37. The van der Waals surface area contributed by atoms with Gasteiger partial charge in [0.25, 0.3) is 5.56 Å². The van der Waals surface area contributed by atoms with E-state index in [2.05, 4.69) is 9.97 Å². The Morgan fingerprint density at radius 3 is 2.57 bits per heavy atom. The van der Waals surface area contributed by atoms with E-state index in [0.29, 0.717) is 24.3 Å². The summed E-state index contributed by atoms with van der Waals surface area (Å²) in [5.74, 6) is 0.841. The molecule has 0 amide bonds. The lowest BCUT2D eigenvalue weighted by Crippen LogP contribution is -2.36. The first-order valence-corrected chi connectivity index (χ1v) is 13.0. The number of hydrogen-bond donors (Lipinski definition) is 3. The number of anilines is 1. The lowest BCUT2D eigenvalue weighted by atomic mass is 9.98. The van der Waals surface area contributed by atoms with E-state index in [1.54, 1.807) is 12.3 Å². The summed E-state index contributed by atoms with van der Waals surface area (Å²) in [6.07, 6.45) is 1.71. The van der Waals surface area contributed by atoms with Gasteiger partial charge in [-0.1, -0.05) is 44.2 Å². The van der Waals surface area contributed by atoms with Crippen LogP contribution < -0.4 is 22.7 Å². The predicted octanol–water partition coefficient (Wildman–Crippen LogP) is 1.65.